The quantitative estimate of drug-likeness (QED) is 0.491. The molecule has 7 nitrogen and oxygen atoms in total. The van der Waals surface area contributed by atoms with Gasteiger partial charge in [0, 0.05) is 12.0 Å². The number of halogens is 1. The Morgan fingerprint density at radius 1 is 0.875 bits per heavy atom. The van der Waals surface area contributed by atoms with E-state index in [1.54, 1.807) is 50.2 Å². The predicted molar refractivity (Wildman–Crippen MR) is 118 cm³/mol. The van der Waals surface area contributed by atoms with Crippen LogP contribution in [0.5, 0.6) is 0 Å². The summed E-state index contributed by atoms with van der Waals surface area (Å²) in [5, 5.41) is 7.72. The van der Waals surface area contributed by atoms with E-state index in [1.165, 1.54) is 25.1 Å². The average molecular weight is 442 g/mol. The zero-order valence-corrected chi connectivity index (χ0v) is 18.3. The monoisotopic (exact) mass is 441 g/mol. The van der Waals surface area contributed by atoms with E-state index in [0.717, 1.165) is 0 Å². The number of hydrogen-bond donors (Lipinski definition) is 3. The van der Waals surface area contributed by atoms with Crippen LogP contribution in [0.15, 0.2) is 54.6 Å². The van der Waals surface area contributed by atoms with Crippen LogP contribution in [-0.4, -0.2) is 42.1 Å². The van der Waals surface area contributed by atoms with Crippen LogP contribution in [0.2, 0.25) is 0 Å². The van der Waals surface area contributed by atoms with Crippen molar-refractivity contribution in [1.82, 2.24) is 16.0 Å². The fourth-order valence-electron chi connectivity index (χ4n) is 2.95. The Morgan fingerprint density at radius 2 is 1.50 bits per heavy atom. The van der Waals surface area contributed by atoms with Gasteiger partial charge in [-0.15, -0.1) is 0 Å². The van der Waals surface area contributed by atoms with Crippen LogP contribution in [-0.2, 0) is 20.8 Å². The Hall–Kier alpha value is -3.55. The zero-order chi connectivity index (χ0) is 23.7. The third-order valence-corrected chi connectivity index (χ3v) is 4.97. The van der Waals surface area contributed by atoms with Crippen molar-refractivity contribution in [2.45, 2.75) is 45.3 Å². The van der Waals surface area contributed by atoms with Crippen LogP contribution in [0.3, 0.4) is 0 Å². The van der Waals surface area contributed by atoms with E-state index < -0.39 is 41.7 Å². The summed E-state index contributed by atoms with van der Waals surface area (Å²) in [6.07, 6.45) is 0.534. The first-order valence-corrected chi connectivity index (χ1v) is 10.4. The maximum atomic E-state index is 14.2. The van der Waals surface area contributed by atoms with Crippen molar-refractivity contribution in [3.05, 3.63) is 71.5 Å². The Morgan fingerprint density at radius 3 is 2.09 bits per heavy atom. The highest BCUT2D eigenvalue weighted by Crippen LogP contribution is 2.11. The normalized spacial score (nSPS) is 13.5. The van der Waals surface area contributed by atoms with E-state index in [-0.39, 0.29) is 17.9 Å². The van der Waals surface area contributed by atoms with Crippen LogP contribution in [0.1, 0.15) is 36.7 Å². The third-order valence-electron chi connectivity index (χ3n) is 4.97. The second-order valence-electron chi connectivity index (χ2n) is 7.83. The van der Waals surface area contributed by atoms with Crippen LogP contribution < -0.4 is 16.0 Å². The molecule has 8 heteroatoms. The minimum absolute atomic E-state index is 0.103. The molecule has 0 aromatic heterocycles. The first-order valence-electron chi connectivity index (χ1n) is 10.4. The molecule has 0 aliphatic heterocycles. The van der Waals surface area contributed by atoms with Gasteiger partial charge in [-0.05, 0) is 36.6 Å². The molecular formula is C24H28FN3O4. The molecule has 2 rings (SSSR count). The highest BCUT2D eigenvalue weighted by atomic mass is 19.1. The number of nitrogens with one attached hydrogen (secondary N) is 3. The van der Waals surface area contributed by atoms with Gasteiger partial charge in [0.15, 0.2) is 0 Å². The Bertz CT molecular complexity index is 949. The summed E-state index contributed by atoms with van der Waals surface area (Å²) >= 11 is 0. The van der Waals surface area contributed by atoms with E-state index >= 15 is 0 Å². The first kappa shape index (κ1) is 24.7. The predicted octanol–water partition coefficient (Wildman–Crippen LogP) is 2.01. The Kier molecular flexibility index (Phi) is 9.07. The number of carbonyl (C=O) groups is 4. The van der Waals surface area contributed by atoms with E-state index in [1.807, 2.05) is 0 Å². The van der Waals surface area contributed by atoms with Gasteiger partial charge in [-0.1, -0.05) is 50.2 Å². The number of amides is 3. The number of hydrogen-bond acceptors (Lipinski definition) is 4. The van der Waals surface area contributed by atoms with Gasteiger partial charge in [0.05, 0.1) is 6.04 Å². The summed E-state index contributed by atoms with van der Waals surface area (Å²) in [7, 11) is 0. The van der Waals surface area contributed by atoms with Gasteiger partial charge in [0.25, 0.3) is 5.91 Å². The van der Waals surface area contributed by atoms with Gasteiger partial charge in [-0.2, -0.15) is 0 Å². The molecule has 0 radical (unpaired) electrons. The highest BCUT2D eigenvalue weighted by Gasteiger charge is 2.27. The standard InChI is InChI=1S/C24H28FN3O4/c1-15(2)21(14-29)28-22(30)16(3)26-24(32)20(13-18-11-7-8-12-19(18)25)27-23(31)17-9-5-4-6-10-17/h4-12,14-16,20-21H,13H2,1-3H3,(H,26,32)(H,27,31)(H,28,30). The van der Waals surface area contributed by atoms with E-state index in [2.05, 4.69) is 16.0 Å². The van der Waals surface area contributed by atoms with Gasteiger partial charge in [-0.25, -0.2) is 4.39 Å². The first-order chi connectivity index (χ1) is 15.2. The molecule has 0 fully saturated rings. The lowest BCUT2D eigenvalue weighted by molar-refractivity contribution is -0.130. The van der Waals surface area contributed by atoms with Gasteiger partial charge < -0.3 is 20.7 Å². The summed E-state index contributed by atoms with van der Waals surface area (Å²) < 4.78 is 14.2. The molecule has 3 atom stereocenters. The molecule has 0 aliphatic carbocycles. The molecule has 3 N–H and O–H groups in total. The van der Waals surface area contributed by atoms with Crippen LogP contribution in [0, 0.1) is 11.7 Å². The molecule has 2 aromatic carbocycles. The minimum Gasteiger partial charge on any atom is -0.345 e. The van der Waals surface area contributed by atoms with Gasteiger partial charge in [-0.3, -0.25) is 14.4 Å². The Labute approximate surface area is 186 Å². The third kappa shape index (κ3) is 7.01. The summed E-state index contributed by atoms with van der Waals surface area (Å²) in [6.45, 7) is 5.03. The molecule has 170 valence electrons. The minimum atomic E-state index is -1.12. The Balaban J connectivity index is 2.15. The lowest BCUT2D eigenvalue weighted by Gasteiger charge is -2.23. The van der Waals surface area contributed by atoms with Crippen molar-refractivity contribution in [3.8, 4) is 0 Å². The van der Waals surface area contributed by atoms with E-state index in [0.29, 0.717) is 11.8 Å². The summed E-state index contributed by atoms with van der Waals surface area (Å²) in [6, 6.07) is 11.5. The van der Waals surface area contributed by atoms with Gasteiger partial charge in [0.1, 0.15) is 24.2 Å². The molecule has 2 aromatic rings. The molecule has 0 spiro atoms. The molecule has 3 unspecified atom stereocenters. The number of carbonyl (C=O) groups excluding carboxylic acids is 4. The molecule has 0 saturated carbocycles. The van der Waals surface area contributed by atoms with Gasteiger partial charge in [0.2, 0.25) is 11.8 Å². The fourth-order valence-corrected chi connectivity index (χ4v) is 2.95. The smallest absolute Gasteiger partial charge is 0.251 e. The van der Waals surface area contributed by atoms with Crippen molar-refractivity contribution in [1.29, 1.82) is 0 Å². The maximum absolute atomic E-state index is 14.2. The van der Waals surface area contributed by atoms with Crippen molar-refractivity contribution in [3.63, 3.8) is 0 Å². The zero-order valence-electron chi connectivity index (χ0n) is 18.3. The highest BCUT2D eigenvalue weighted by molar-refractivity contribution is 5.98. The lowest BCUT2D eigenvalue weighted by Crippen LogP contribution is -2.55. The molecule has 0 saturated heterocycles. The van der Waals surface area contributed by atoms with Crippen LogP contribution >= 0.6 is 0 Å². The molecule has 32 heavy (non-hydrogen) atoms. The molecule has 0 aliphatic rings. The van der Waals surface area contributed by atoms with Crippen LogP contribution in [0.4, 0.5) is 4.39 Å². The van der Waals surface area contributed by atoms with Crippen LogP contribution in [0.25, 0.3) is 0 Å². The SMILES string of the molecule is CC(NC(=O)C(Cc1ccccc1F)NC(=O)c1ccccc1)C(=O)NC(C=O)C(C)C. The fraction of sp³-hybridized carbons (Fsp3) is 0.333. The largest absolute Gasteiger partial charge is 0.345 e. The average Bonchev–Trinajstić information content (AvgIpc) is 2.78. The second-order valence-corrected chi connectivity index (χ2v) is 7.83. The van der Waals surface area contributed by atoms with Crippen molar-refractivity contribution in [2.24, 2.45) is 5.92 Å². The second kappa shape index (κ2) is 11.7. The molecule has 0 heterocycles. The number of aldehydes is 1. The van der Waals surface area contributed by atoms with Crippen molar-refractivity contribution >= 4 is 24.0 Å². The topological polar surface area (TPSA) is 104 Å². The maximum Gasteiger partial charge on any atom is 0.251 e. The van der Waals surface area contributed by atoms with E-state index in [9.17, 15) is 23.6 Å². The molecule has 3 amide bonds. The molecular weight excluding hydrogens is 413 g/mol. The lowest BCUT2D eigenvalue weighted by atomic mass is 10.0. The number of rotatable bonds is 10. The molecule has 0 bridgehead atoms. The number of benzene rings is 2. The summed E-state index contributed by atoms with van der Waals surface area (Å²) in [4.78, 5) is 49.1. The van der Waals surface area contributed by atoms with Crippen molar-refractivity contribution < 1.29 is 23.6 Å². The van der Waals surface area contributed by atoms with Gasteiger partial charge >= 0.3 is 0 Å². The summed E-state index contributed by atoms with van der Waals surface area (Å²) in [5.41, 5.74) is 0.592. The van der Waals surface area contributed by atoms with E-state index in [4.69, 9.17) is 0 Å². The summed E-state index contributed by atoms with van der Waals surface area (Å²) in [5.74, 6) is -2.30. The van der Waals surface area contributed by atoms with Crippen molar-refractivity contribution in [2.75, 3.05) is 0 Å².